The minimum absolute atomic E-state index is 1.02. The molecular weight excluding hydrogens is 416 g/mol. The zero-order valence-electron chi connectivity index (χ0n) is 19.3. The van der Waals surface area contributed by atoms with E-state index >= 15 is 0 Å². The van der Waals surface area contributed by atoms with Crippen LogP contribution in [0.25, 0.3) is 0 Å². The fraction of sp³-hybridized carbons (Fsp3) is 0.500. The third kappa shape index (κ3) is 83.0. The van der Waals surface area contributed by atoms with Crippen molar-refractivity contribution in [3.8, 4) is 0 Å². The summed E-state index contributed by atoms with van der Waals surface area (Å²) in [6, 6.07) is 24.0. The molecule has 0 amide bonds. The first kappa shape index (κ1) is 35.4. The molecule has 25 heavy (non-hydrogen) atoms. The van der Waals surface area contributed by atoms with Gasteiger partial charge in [0.25, 0.3) is 0 Å². The molecule has 0 aliphatic heterocycles. The summed E-state index contributed by atoms with van der Waals surface area (Å²) in [5.74, 6) is 0. The maximum atomic E-state index is 2.38. The number of hydrogen-bond acceptors (Lipinski definition) is 0. The van der Waals surface area contributed by atoms with Crippen LogP contribution < -0.4 is 0 Å². The molecule has 0 fully saturated rings. The second-order valence-electron chi connectivity index (χ2n) is 4.76. The van der Waals surface area contributed by atoms with E-state index in [-0.39, 0.29) is 0 Å². The molecule has 1 heteroatoms. The molecule has 0 nitrogen and oxygen atoms in total. The van der Waals surface area contributed by atoms with Gasteiger partial charge in [0.1, 0.15) is 0 Å². The van der Waals surface area contributed by atoms with E-state index in [0.29, 0.717) is 0 Å². The Labute approximate surface area is 165 Å². The van der Waals surface area contributed by atoms with Gasteiger partial charge in [0.15, 0.2) is 0 Å². The van der Waals surface area contributed by atoms with Gasteiger partial charge in [-0.15, -0.1) is 0 Å². The third-order valence-electron chi connectivity index (χ3n) is 1.33. The van der Waals surface area contributed by atoms with Crippen LogP contribution in [-0.2, 0) is 0 Å². The Balaban J connectivity index is -0.0000000670. The smallest absolute Gasteiger partial charge is 0.0623 e. The van der Waals surface area contributed by atoms with Crippen molar-refractivity contribution < 1.29 is 0 Å². The Morgan fingerprint density at radius 1 is 0.280 bits per heavy atom. The molecular formula is C24H48Te. The van der Waals surface area contributed by atoms with Crippen molar-refractivity contribution in [2.45, 2.75) is 75.3 Å². The van der Waals surface area contributed by atoms with Gasteiger partial charge < -0.3 is 0 Å². The van der Waals surface area contributed by atoms with Crippen LogP contribution in [0.15, 0.2) is 72.8 Å². The molecule has 0 saturated heterocycles. The summed E-state index contributed by atoms with van der Waals surface area (Å²) in [5, 5.41) is 0. The van der Waals surface area contributed by atoms with Crippen molar-refractivity contribution in [3.63, 3.8) is 0 Å². The summed E-state index contributed by atoms with van der Waals surface area (Å²) in [4.78, 5) is 9.51. The van der Waals surface area contributed by atoms with Gasteiger partial charge in [-0.3, -0.25) is 0 Å². The van der Waals surface area contributed by atoms with Gasteiger partial charge in [0.2, 0.25) is 0 Å². The molecule has 0 bridgehead atoms. The predicted molar refractivity (Wildman–Crippen MR) is 127 cm³/mol. The van der Waals surface area contributed by atoms with Crippen molar-refractivity contribution >= 4 is 18.2 Å². The van der Waals surface area contributed by atoms with Crippen LogP contribution in [0.4, 0.5) is 0 Å². The average molecular weight is 464 g/mol. The summed E-state index contributed by atoms with van der Waals surface area (Å²) in [7, 11) is 0. The van der Waals surface area contributed by atoms with Crippen molar-refractivity contribution in [1.82, 2.24) is 0 Å². The van der Waals surface area contributed by atoms with E-state index in [1.165, 1.54) is 0 Å². The molecule has 0 radical (unpaired) electrons. The first-order valence-electron chi connectivity index (χ1n) is 9.63. The molecule has 0 aliphatic carbocycles. The standard InChI is InChI=1S/2C6H6.C4H12Te.4C2H6/c2*1-2-4-6-5-3-1;1-5(2,3)4;4*1-2/h2*1-6H;1-4H3;4*1-2H3. The molecule has 0 aromatic heterocycles. The zero-order chi connectivity index (χ0) is 21.0. The first-order valence-corrected chi connectivity index (χ1v) is 19.0. The van der Waals surface area contributed by atoms with Gasteiger partial charge in [-0.2, -0.15) is 0 Å². The molecule has 0 saturated carbocycles. The van der Waals surface area contributed by atoms with Crippen LogP contribution in [0, 0.1) is 0 Å². The van der Waals surface area contributed by atoms with E-state index in [1.807, 2.05) is 128 Å². The van der Waals surface area contributed by atoms with Gasteiger partial charge in [-0.05, 0) is 0 Å². The minimum Gasteiger partial charge on any atom is -0.0623 e. The Hall–Kier alpha value is -0.770. The average Bonchev–Trinajstić information content (AvgIpc) is 2.70. The third-order valence-corrected chi connectivity index (χ3v) is 1.33. The van der Waals surface area contributed by atoms with E-state index < -0.39 is 18.2 Å². The molecule has 2 aromatic rings. The molecule has 0 spiro atoms. The normalized spacial score (nSPS) is 7.84. The van der Waals surface area contributed by atoms with Gasteiger partial charge in [-0.25, -0.2) is 0 Å². The van der Waals surface area contributed by atoms with Crippen LogP contribution in [0.2, 0.25) is 19.9 Å². The Kier molecular flexibility index (Phi) is 54.7. The van der Waals surface area contributed by atoms with Crippen LogP contribution in [0.1, 0.15) is 55.4 Å². The van der Waals surface area contributed by atoms with E-state index in [2.05, 4.69) is 19.9 Å². The minimum atomic E-state index is -1.02. The van der Waals surface area contributed by atoms with E-state index in [0.717, 1.165) is 0 Å². The Bertz CT molecular complexity index is 245. The van der Waals surface area contributed by atoms with E-state index in [9.17, 15) is 0 Å². The number of benzene rings is 2. The van der Waals surface area contributed by atoms with Gasteiger partial charge in [-0.1, -0.05) is 128 Å². The van der Waals surface area contributed by atoms with Crippen molar-refractivity contribution in [3.05, 3.63) is 72.8 Å². The van der Waals surface area contributed by atoms with Crippen LogP contribution in [0.5, 0.6) is 0 Å². The van der Waals surface area contributed by atoms with Crippen molar-refractivity contribution in [2.24, 2.45) is 0 Å². The quantitative estimate of drug-likeness (QED) is 0.341. The molecule has 0 aliphatic rings. The molecule has 0 N–H and O–H groups in total. The maximum absolute atomic E-state index is 2.38. The Morgan fingerprint density at radius 3 is 0.360 bits per heavy atom. The zero-order valence-corrected chi connectivity index (χ0v) is 21.7. The van der Waals surface area contributed by atoms with E-state index in [4.69, 9.17) is 0 Å². The first-order chi connectivity index (χ1) is 12.0. The number of hydrogen-bond donors (Lipinski definition) is 0. The van der Waals surface area contributed by atoms with Crippen molar-refractivity contribution in [2.75, 3.05) is 0 Å². The monoisotopic (exact) mass is 466 g/mol. The predicted octanol–water partition coefficient (Wildman–Crippen LogP) is 9.43. The summed E-state index contributed by atoms with van der Waals surface area (Å²) in [6.07, 6.45) is 0. The molecule has 0 atom stereocenters. The van der Waals surface area contributed by atoms with Crippen LogP contribution in [-0.4, -0.2) is 18.2 Å². The summed E-state index contributed by atoms with van der Waals surface area (Å²) < 4.78 is 0. The van der Waals surface area contributed by atoms with Crippen LogP contribution >= 0.6 is 0 Å². The number of rotatable bonds is 0. The molecule has 150 valence electrons. The molecule has 0 unspecified atom stereocenters. The molecule has 0 heterocycles. The second kappa shape index (κ2) is 38.7. The summed E-state index contributed by atoms with van der Waals surface area (Å²) in [6.45, 7) is 16.0. The van der Waals surface area contributed by atoms with Gasteiger partial charge >= 0.3 is 38.1 Å². The van der Waals surface area contributed by atoms with Crippen molar-refractivity contribution in [1.29, 1.82) is 0 Å². The maximum Gasteiger partial charge on any atom is -0.0623 e. The SMILES string of the molecule is CC.CC.CC.CC.C[Te](C)(C)C.c1ccccc1.c1ccccc1. The second-order valence-corrected chi connectivity index (χ2v) is 18.7. The van der Waals surface area contributed by atoms with Gasteiger partial charge in [0.05, 0.1) is 0 Å². The topological polar surface area (TPSA) is 0 Å². The fourth-order valence-corrected chi connectivity index (χ4v) is 0.770. The van der Waals surface area contributed by atoms with Crippen LogP contribution in [0.3, 0.4) is 0 Å². The summed E-state index contributed by atoms with van der Waals surface area (Å²) >= 11 is -1.02. The fourth-order valence-electron chi connectivity index (χ4n) is 0.770. The molecule has 2 aromatic carbocycles. The molecule has 2 rings (SSSR count). The summed E-state index contributed by atoms with van der Waals surface area (Å²) in [5.41, 5.74) is 0. The largest absolute Gasteiger partial charge is 0.0623 e. The van der Waals surface area contributed by atoms with Gasteiger partial charge in [0, 0.05) is 0 Å². The Morgan fingerprint density at radius 2 is 0.320 bits per heavy atom. The van der Waals surface area contributed by atoms with E-state index in [1.54, 1.807) is 0 Å².